The fourth-order valence-electron chi connectivity index (χ4n) is 4.19. The minimum absolute atomic E-state index is 0.0422. The highest BCUT2D eigenvalue weighted by atomic mass is 16.5. The Bertz CT molecular complexity index is 769. The quantitative estimate of drug-likeness (QED) is 0.493. The van der Waals surface area contributed by atoms with E-state index in [4.69, 9.17) is 10.5 Å². The number of carbonyl (C=O) groups is 3. The molecule has 184 valence electrons. The van der Waals surface area contributed by atoms with E-state index in [9.17, 15) is 14.4 Å². The number of carbonyl (C=O) groups excluding carboxylic acids is 3. The second-order valence-electron chi connectivity index (χ2n) is 9.18. The first-order chi connectivity index (χ1) is 15.7. The van der Waals surface area contributed by atoms with Gasteiger partial charge in [0.1, 0.15) is 12.6 Å². The zero-order chi connectivity index (χ0) is 24.4. The molecule has 0 radical (unpaired) electrons. The van der Waals surface area contributed by atoms with Crippen LogP contribution in [0.1, 0.15) is 45.6 Å². The van der Waals surface area contributed by atoms with Crippen LogP contribution in [0.3, 0.4) is 0 Å². The van der Waals surface area contributed by atoms with Gasteiger partial charge >= 0.3 is 0 Å². The zero-order valence-corrected chi connectivity index (χ0v) is 20.5. The Morgan fingerprint density at radius 1 is 1.18 bits per heavy atom. The van der Waals surface area contributed by atoms with Crippen LogP contribution in [0.4, 0.5) is 0 Å². The molecule has 1 heterocycles. The maximum Gasteiger partial charge on any atom is 0.248 e. The smallest absolute Gasteiger partial charge is 0.248 e. The molecular weight excluding hydrogens is 420 g/mol. The Hall–Kier alpha value is -2.45. The van der Waals surface area contributed by atoms with Gasteiger partial charge in [0.15, 0.2) is 0 Å². The van der Waals surface area contributed by atoms with Gasteiger partial charge < -0.3 is 25.6 Å². The lowest BCUT2D eigenvalue weighted by molar-refractivity contribution is -0.139. The van der Waals surface area contributed by atoms with Crippen LogP contribution in [0.5, 0.6) is 0 Å². The predicted molar refractivity (Wildman–Crippen MR) is 128 cm³/mol. The van der Waals surface area contributed by atoms with Crippen LogP contribution in [0.15, 0.2) is 30.3 Å². The summed E-state index contributed by atoms with van der Waals surface area (Å²) in [5.41, 5.74) is 6.86. The van der Waals surface area contributed by atoms with Gasteiger partial charge in [-0.2, -0.15) is 0 Å². The number of amides is 3. The molecule has 0 aromatic heterocycles. The molecule has 3 atom stereocenters. The number of nitrogens with zero attached hydrogens (tertiary/aromatic N) is 2. The standard InChI is InChI=1S/C25H40N4O4/c1-18(2)23(27-24(31)19(3)26)25(32)29-14-8-11-21(29)13-16-28(22(30)17-33-4)15-12-20-9-6-5-7-10-20/h5-7,9-10,18-19,21,23H,8,11-17,26H2,1-4H3,(H,27,31)/t19-,21-,23-/m0/s1. The number of benzene rings is 1. The second kappa shape index (κ2) is 13.3. The summed E-state index contributed by atoms with van der Waals surface area (Å²) in [6.45, 7) is 7.32. The topological polar surface area (TPSA) is 105 Å². The van der Waals surface area contributed by atoms with Crippen molar-refractivity contribution in [2.45, 2.75) is 64.6 Å². The maximum atomic E-state index is 13.3. The van der Waals surface area contributed by atoms with Crippen LogP contribution in [0.2, 0.25) is 0 Å². The SMILES string of the molecule is COCC(=O)N(CCc1ccccc1)CC[C@@H]1CCCN1C(=O)[C@@H](NC(=O)[C@H](C)N)C(C)C. The molecule has 3 N–H and O–H groups in total. The molecule has 1 aromatic rings. The second-order valence-corrected chi connectivity index (χ2v) is 9.18. The van der Waals surface area contributed by atoms with E-state index in [1.807, 2.05) is 41.8 Å². The summed E-state index contributed by atoms with van der Waals surface area (Å²) in [7, 11) is 1.52. The van der Waals surface area contributed by atoms with Gasteiger partial charge in [-0.15, -0.1) is 0 Å². The van der Waals surface area contributed by atoms with Gasteiger partial charge in [-0.1, -0.05) is 44.2 Å². The van der Waals surface area contributed by atoms with Gasteiger partial charge in [0.05, 0.1) is 6.04 Å². The summed E-state index contributed by atoms with van der Waals surface area (Å²) in [5, 5.41) is 2.82. The molecular formula is C25H40N4O4. The molecule has 0 spiro atoms. The zero-order valence-electron chi connectivity index (χ0n) is 20.5. The summed E-state index contributed by atoms with van der Waals surface area (Å²) in [6.07, 6.45) is 3.27. The molecule has 1 aliphatic heterocycles. The summed E-state index contributed by atoms with van der Waals surface area (Å²) >= 11 is 0. The highest BCUT2D eigenvalue weighted by Gasteiger charge is 2.35. The maximum absolute atomic E-state index is 13.3. The van der Waals surface area contributed by atoms with E-state index >= 15 is 0 Å². The summed E-state index contributed by atoms with van der Waals surface area (Å²) in [4.78, 5) is 41.8. The van der Waals surface area contributed by atoms with Gasteiger partial charge in [-0.3, -0.25) is 14.4 Å². The highest BCUT2D eigenvalue weighted by Crippen LogP contribution is 2.23. The van der Waals surface area contributed by atoms with Crippen LogP contribution in [-0.2, 0) is 25.5 Å². The average Bonchev–Trinajstić information content (AvgIpc) is 3.26. The molecule has 0 bridgehead atoms. The molecule has 3 amide bonds. The lowest BCUT2D eigenvalue weighted by atomic mass is 10.0. The highest BCUT2D eigenvalue weighted by molar-refractivity contribution is 5.90. The van der Waals surface area contributed by atoms with E-state index in [1.54, 1.807) is 6.92 Å². The molecule has 1 aromatic carbocycles. The molecule has 33 heavy (non-hydrogen) atoms. The van der Waals surface area contributed by atoms with Crippen molar-refractivity contribution in [3.8, 4) is 0 Å². The minimum atomic E-state index is -0.668. The first-order valence-electron chi connectivity index (χ1n) is 11.9. The third kappa shape index (κ3) is 8.12. The predicted octanol–water partition coefficient (Wildman–Crippen LogP) is 1.57. The Morgan fingerprint density at radius 3 is 2.48 bits per heavy atom. The summed E-state index contributed by atoms with van der Waals surface area (Å²) in [5.74, 6) is -0.490. The van der Waals surface area contributed by atoms with Gasteiger partial charge in [-0.25, -0.2) is 0 Å². The molecule has 0 aliphatic carbocycles. The van der Waals surface area contributed by atoms with Crippen molar-refractivity contribution in [2.75, 3.05) is 33.4 Å². The largest absolute Gasteiger partial charge is 0.375 e. The first-order valence-corrected chi connectivity index (χ1v) is 11.9. The Morgan fingerprint density at radius 2 is 1.88 bits per heavy atom. The lowest BCUT2D eigenvalue weighted by Gasteiger charge is -2.32. The average molecular weight is 461 g/mol. The van der Waals surface area contributed by atoms with Gasteiger partial charge in [0.25, 0.3) is 0 Å². The molecule has 1 aliphatic rings. The van der Waals surface area contributed by atoms with Crippen molar-refractivity contribution in [1.29, 1.82) is 0 Å². The van der Waals surface area contributed by atoms with Gasteiger partial charge in [0, 0.05) is 32.8 Å². The lowest BCUT2D eigenvalue weighted by Crippen LogP contribution is -2.55. The van der Waals surface area contributed by atoms with Crippen LogP contribution in [0.25, 0.3) is 0 Å². The van der Waals surface area contributed by atoms with Gasteiger partial charge in [0.2, 0.25) is 17.7 Å². The molecule has 0 unspecified atom stereocenters. The van der Waals surface area contributed by atoms with E-state index in [0.29, 0.717) is 26.1 Å². The minimum Gasteiger partial charge on any atom is -0.375 e. The van der Waals surface area contributed by atoms with Crippen molar-refractivity contribution < 1.29 is 19.1 Å². The van der Waals surface area contributed by atoms with E-state index < -0.39 is 12.1 Å². The number of hydrogen-bond acceptors (Lipinski definition) is 5. The van der Waals surface area contributed by atoms with E-state index in [2.05, 4.69) is 17.4 Å². The van der Waals surface area contributed by atoms with Crippen LogP contribution in [-0.4, -0.2) is 79.0 Å². The Balaban J connectivity index is 2.02. The van der Waals surface area contributed by atoms with Crippen LogP contribution < -0.4 is 11.1 Å². The van der Waals surface area contributed by atoms with Crippen molar-refractivity contribution >= 4 is 17.7 Å². The monoisotopic (exact) mass is 460 g/mol. The summed E-state index contributed by atoms with van der Waals surface area (Å²) < 4.78 is 5.08. The van der Waals surface area contributed by atoms with E-state index in [1.165, 1.54) is 12.7 Å². The molecule has 1 fully saturated rings. The van der Waals surface area contributed by atoms with Crippen LogP contribution >= 0.6 is 0 Å². The molecule has 1 saturated heterocycles. The summed E-state index contributed by atoms with van der Waals surface area (Å²) in [6, 6.07) is 8.84. The van der Waals surface area contributed by atoms with Crippen molar-refractivity contribution in [3.05, 3.63) is 35.9 Å². The fraction of sp³-hybridized carbons (Fsp3) is 0.640. The molecule has 8 heteroatoms. The number of rotatable bonds is 12. The van der Waals surface area contributed by atoms with E-state index in [-0.39, 0.29) is 36.3 Å². The van der Waals surface area contributed by atoms with Gasteiger partial charge in [-0.05, 0) is 44.1 Å². The third-order valence-electron chi connectivity index (χ3n) is 6.17. The Labute approximate surface area is 197 Å². The number of likely N-dealkylation sites (tertiary alicyclic amines) is 1. The van der Waals surface area contributed by atoms with E-state index in [0.717, 1.165) is 19.3 Å². The molecule has 0 saturated carbocycles. The fourth-order valence-corrected chi connectivity index (χ4v) is 4.19. The first kappa shape index (κ1) is 26.8. The molecule has 8 nitrogen and oxygen atoms in total. The number of ether oxygens (including phenoxy) is 1. The van der Waals surface area contributed by atoms with Crippen molar-refractivity contribution in [3.63, 3.8) is 0 Å². The molecule has 2 rings (SSSR count). The third-order valence-corrected chi connectivity index (χ3v) is 6.17. The van der Waals surface area contributed by atoms with Crippen molar-refractivity contribution in [2.24, 2.45) is 11.7 Å². The van der Waals surface area contributed by atoms with Crippen LogP contribution in [0, 0.1) is 5.92 Å². The number of hydrogen-bond donors (Lipinski definition) is 2. The Kier molecular flexibility index (Phi) is 10.8. The number of nitrogens with one attached hydrogen (secondary N) is 1. The van der Waals surface area contributed by atoms with Crippen molar-refractivity contribution in [1.82, 2.24) is 15.1 Å². The number of nitrogens with two attached hydrogens (primary N) is 1. The normalized spacial score (nSPS) is 17.6. The number of methoxy groups -OCH3 is 1.